The van der Waals surface area contributed by atoms with E-state index in [9.17, 15) is 39.4 Å². The zero-order valence-corrected chi connectivity index (χ0v) is 19.7. The first-order valence-corrected chi connectivity index (χ1v) is 11.3. The molecule has 4 N–H and O–H groups in total. The van der Waals surface area contributed by atoms with Crippen LogP contribution in [0, 0.1) is 20.2 Å². The summed E-state index contributed by atoms with van der Waals surface area (Å²) in [5, 5.41) is 21.5. The highest BCUT2D eigenvalue weighted by Gasteiger charge is 2.13. The van der Waals surface area contributed by atoms with Crippen LogP contribution in [0.4, 0.5) is 11.4 Å². The van der Waals surface area contributed by atoms with E-state index in [2.05, 4.69) is 21.7 Å². The summed E-state index contributed by atoms with van der Waals surface area (Å²) in [5.74, 6) is -2.15. The Kier molecular flexibility index (Phi) is 11.1. The molecule has 0 aromatic heterocycles. The second-order valence-electron chi connectivity index (χ2n) is 7.89. The van der Waals surface area contributed by atoms with E-state index in [1.54, 1.807) is 0 Å². The van der Waals surface area contributed by atoms with Gasteiger partial charge < -0.3 is 0 Å². The Balaban J connectivity index is 1.53. The largest absolute Gasteiger partial charge is 0.273 e. The topological polar surface area (TPSA) is 203 Å². The molecule has 14 heteroatoms. The van der Waals surface area contributed by atoms with Gasteiger partial charge in [-0.05, 0) is 25.0 Å². The third-order valence-electron chi connectivity index (χ3n) is 5.08. The Morgan fingerprint density at radius 3 is 1.35 bits per heavy atom. The van der Waals surface area contributed by atoms with E-state index in [4.69, 9.17) is 0 Å². The van der Waals surface area contributed by atoms with Crippen LogP contribution in [-0.4, -0.2) is 33.5 Å². The smallest absolute Gasteiger partial charge is 0.270 e. The van der Waals surface area contributed by atoms with Gasteiger partial charge in [0, 0.05) is 48.2 Å². The molecule has 2 aromatic rings. The van der Waals surface area contributed by atoms with Crippen molar-refractivity contribution < 1.29 is 29.0 Å². The number of unbranched alkanes of at least 4 members (excludes halogenated alkanes) is 4. The molecule has 0 atom stereocenters. The lowest BCUT2D eigenvalue weighted by Crippen LogP contribution is -2.41. The monoisotopic (exact) mass is 514 g/mol. The maximum Gasteiger partial charge on any atom is 0.270 e. The number of rotatable bonds is 12. The van der Waals surface area contributed by atoms with Gasteiger partial charge in [0.2, 0.25) is 11.8 Å². The average Bonchev–Trinajstić information content (AvgIpc) is 2.89. The summed E-state index contributed by atoms with van der Waals surface area (Å²) in [7, 11) is 0. The molecule has 2 rings (SSSR count). The molecule has 14 nitrogen and oxygen atoms in total. The van der Waals surface area contributed by atoms with Gasteiger partial charge in [-0.1, -0.05) is 31.4 Å². The van der Waals surface area contributed by atoms with E-state index >= 15 is 0 Å². The zero-order valence-electron chi connectivity index (χ0n) is 19.7. The summed E-state index contributed by atoms with van der Waals surface area (Å²) in [6.45, 7) is 0. The Hall–Kier alpha value is -4.88. The standard InChI is InChI=1S/C23H26N6O8/c30-20(24-26-22(32)16-8-6-10-18(14-16)28(34)35)12-4-2-1-3-5-13-21(31)25-27-23(33)17-9-7-11-19(15-17)29(36)37/h6-11,14-15H,1-5,12-13H2,(H,24,30)(H,25,31)(H,26,32)(H,27,33). The van der Waals surface area contributed by atoms with E-state index in [-0.39, 0.29) is 35.3 Å². The van der Waals surface area contributed by atoms with Crippen LogP contribution in [-0.2, 0) is 9.59 Å². The van der Waals surface area contributed by atoms with E-state index in [1.807, 2.05) is 0 Å². The minimum absolute atomic E-state index is 0.0437. The van der Waals surface area contributed by atoms with Crippen molar-refractivity contribution in [2.24, 2.45) is 0 Å². The highest BCUT2D eigenvalue weighted by atomic mass is 16.6. The van der Waals surface area contributed by atoms with Crippen molar-refractivity contribution in [2.75, 3.05) is 0 Å². The first-order chi connectivity index (χ1) is 17.7. The van der Waals surface area contributed by atoms with Crippen LogP contribution >= 0.6 is 0 Å². The van der Waals surface area contributed by atoms with Gasteiger partial charge in [0.15, 0.2) is 0 Å². The maximum absolute atomic E-state index is 12.0. The average molecular weight is 514 g/mol. The van der Waals surface area contributed by atoms with Crippen molar-refractivity contribution in [3.05, 3.63) is 79.9 Å². The highest BCUT2D eigenvalue weighted by molar-refractivity contribution is 5.96. The molecule has 37 heavy (non-hydrogen) atoms. The number of nitrogens with one attached hydrogen (secondary N) is 4. The van der Waals surface area contributed by atoms with Crippen LogP contribution in [0.5, 0.6) is 0 Å². The number of nitro groups is 2. The summed E-state index contributed by atoms with van der Waals surface area (Å²) in [6, 6.07) is 10.2. The van der Waals surface area contributed by atoms with E-state index in [0.717, 1.165) is 31.4 Å². The summed E-state index contributed by atoms with van der Waals surface area (Å²) < 4.78 is 0. The second-order valence-corrected chi connectivity index (χ2v) is 7.89. The van der Waals surface area contributed by atoms with Gasteiger partial charge in [-0.15, -0.1) is 0 Å². The van der Waals surface area contributed by atoms with Gasteiger partial charge in [-0.3, -0.25) is 61.1 Å². The van der Waals surface area contributed by atoms with Gasteiger partial charge in [-0.25, -0.2) is 0 Å². The lowest BCUT2D eigenvalue weighted by Gasteiger charge is -2.08. The predicted molar refractivity (Wildman–Crippen MR) is 130 cm³/mol. The molecular weight excluding hydrogens is 488 g/mol. The van der Waals surface area contributed by atoms with Crippen molar-refractivity contribution in [3.63, 3.8) is 0 Å². The van der Waals surface area contributed by atoms with Crippen molar-refractivity contribution >= 4 is 35.0 Å². The Labute approximate surface area is 211 Å². The van der Waals surface area contributed by atoms with Crippen LogP contribution in [0.1, 0.15) is 65.7 Å². The number of benzene rings is 2. The maximum atomic E-state index is 12.0. The fraction of sp³-hybridized carbons (Fsp3) is 0.304. The van der Waals surface area contributed by atoms with Crippen molar-refractivity contribution in [1.29, 1.82) is 0 Å². The number of nitro benzene ring substituents is 2. The lowest BCUT2D eigenvalue weighted by atomic mass is 10.1. The van der Waals surface area contributed by atoms with Gasteiger partial charge >= 0.3 is 0 Å². The molecule has 0 unspecified atom stereocenters. The fourth-order valence-corrected chi connectivity index (χ4v) is 3.15. The number of carbonyl (C=O) groups is 4. The minimum atomic E-state index is -0.670. The Bertz CT molecular complexity index is 1080. The molecule has 2 aromatic carbocycles. The molecule has 4 amide bonds. The van der Waals surface area contributed by atoms with E-state index in [1.165, 1.54) is 36.4 Å². The number of nitrogens with zero attached hydrogens (tertiary/aromatic N) is 2. The highest BCUT2D eigenvalue weighted by Crippen LogP contribution is 2.14. The molecule has 0 saturated heterocycles. The molecule has 0 aliphatic rings. The van der Waals surface area contributed by atoms with Crippen LogP contribution in [0.3, 0.4) is 0 Å². The molecule has 0 saturated carbocycles. The molecule has 0 heterocycles. The van der Waals surface area contributed by atoms with E-state index < -0.39 is 33.5 Å². The molecule has 0 spiro atoms. The summed E-state index contributed by atoms with van der Waals surface area (Å²) in [5.41, 5.74) is 8.56. The van der Waals surface area contributed by atoms with Gasteiger partial charge in [0.1, 0.15) is 0 Å². The van der Waals surface area contributed by atoms with Crippen molar-refractivity contribution in [3.8, 4) is 0 Å². The van der Waals surface area contributed by atoms with Crippen molar-refractivity contribution in [1.82, 2.24) is 21.7 Å². The first kappa shape index (κ1) is 28.4. The molecule has 0 aliphatic carbocycles. The first-order valence-electron chi connectivity index (χ1n) is 11.3. The molecule has 0 aliphatic heterocycles. The number of carbonyl (C=O) groups excluding carboxylic acids is 4. The normalized spacial score (nSPS) is 10.2. The summed E-state index contributed by atoms with van der Waals surface area (Å²) in [6.07, 6.45) is 3.65. The van der Waals surface area contributed by atoms with Crippen LogP contribution < -0.4 is 21.7 Å². The molecule has 196 valence electrons. The molecule has 0 bridgehead atoms. The van der Waals surface area contributed by atoms with Gasteiger partial charge in [0.25, 0.3) is 23.2 Å². The molecule has 0 radical (unpaired) electrons. The summed E-state index contributed by atoms with van der Waals surface area (Å²) >= 11 is 0. The number of non-ortho nitro benzene ring substituents is 2. The number of hydrazine groups is 2. The van der Waals surface area contributed by atoms with E-state index in [0.29, 0.717) is 12.8 Å². The lowest BCUT2D eigenvalue weighted by molar-refractivity contribution is -0.385. The third kappa shape index (κ3) is 10.1. The second kappa shape index (κ2) is 14.5. The van der Waals surface area contributed by atoms with Crippen LogP contribution in [0.25, 0.3) is 0 Å². The van der Waals surface area contributed by atoms with Crippen LogP contribution in [0.15, 0.2) is 48.5 Å². The SMILES string of the molecule is O=C(CCCCCCCC(=O)NNC(=O)c1cccc([N+](=O)[O-])c1)NNC(=O)c1cccc([N+](=O)[O-])c1. The Morgan fingerprint density at radius 2 is 0.973 bits per heavy atom. The third-order valence-corrected chi connectivity index (χ3v) is 5.08. The number of hydrogen-bond acceptors (Lipinski definition) is 8. The summed E-state index contributed by atoms with van der Waals surface area (Å²) in [4.78, 5) is 68.0. The number of amides is 4. The molecule has 0 fully saturated rings. The van der Waals surface area contributed by atoms with Gasteiger partial charge in [-0.2, -0.15) is 0 Å². The fourth-order valence-electron chi connectivity index (χ4n) is 3.15. The predicted octanol–water partition coefficient (Wildman–Crippen LogP) is 2.46. The Morgan fingerprint density at radius 1 is 0.595 bits per heavy atom. The van der Waals surface area contributed by atoms with Crippen molar-refractivity contribution in [2.45, 2.75) is 44.9 Å². The quantitative estimate of drug-likeness (QED) is 0.188. The van der Waals surface area contributed by atoms with Gasteiger partial charge in [0.05, 0.1) is 9.85 Å². The zero-order chi connectivity index (χ0) is 27.2. The number of hydrogen-bond donors (Lipinski definition) is 4. The van der Waals surface area contributed by atoms with Crippen LogP contribution in [0.2, 0.25) is 0 Å². The minimum Gasteiger partial charge on any atom is -0.273 e. The molecular formula is C23H26N6O8.